The molecule has 0 aliphatic rings. The zero-order chi connectivity index (χ0) is 13.2. The first-order valence-electron chi connectivity index (χ1n) is 3.90. The molecule has 0 aromatic rings. The molecule has 0 atom stereocenters. The topological polar surface area (TPSA) is 116 Å². The molecule has 0 aromatic carbocycles. The minimum atomic E-state index is -3.81. The molecule has 0 rings (SSSR count). The number of rotatable bonds is 6. The third-order valence-corrected chi connectivity index (χ3v) is 2.13. The Labute approximate surface area is 95.4 Å². The molecular formula is C6H16O8S2. The van der Waals surface area contributed by atoms with Crippen LogP contribution in [-0.4, -0.2) is 61.0 Å². The maximum Gasteiger partial charge on any atom is 0.267 e. The lowest BCUT2D eigenvalue weighted by atomic mass is 10.9. The van der Waals surface area contributed by atoms with Gasteiger partial charge in [-0.3, -0.25) is 4.55 Å². The van der Waals surface area contributed by atoms with Crippen LogP contribution in [0.15, 0.2) is 0 Å². The van der Waals surface area contributed by atoms with Crippen molar-refractivity contribution in [3.8, 4) is 0 Å². The molecule has 0 unspecified atom stereocenters. The van der Waals surface area contributed by atoms with E-state index in [9.17, 15) is 16.8 Å². The van der Waals surface area contributed by atoms with Crippen molar-refractivity contribution in [1.82, 2.24) is 0 Å². The Kier molecular flexibility index (Phi) is 10.0. The van der Waals surface area contributed by atoms with Gasteiger partial charge in [0.15, 0.2) is 6.79 Å². The highest BCUT2D eigenvalue weighted by molar-refractivity contribution is 7.86. The lowest BCUT2D eigenvalue weighted by molar-refractivity contribution is 0.0569. The Morgan fingerprint density at radius 2 is 1.56 bits per heavy atom. The van der Waals surface area contributed by atoms with Gasteiger partial charge in [-0.05, 0) is 0 Å². The Morgan fingerprint density at radius 3 is 1.69 bits per heavy atom. The van der Waals surface area contributed by atoms with E-state index in [4.69, 9.17) is 4.55 Å². The van der Waals surface area contributed by atoms with Crippen molar-refractivity contribution < 1.29 is 35.0 Å². The minimum absolute atomic E-state index is 0.0405. The third kappa shape index (κ3) is 23.5. The van der Waals surface area contributed by atoms with Gasteiger partial charge in [0.1, 0.15) is 0 Å². The van der Waals surface area contributed by atoms with E-state index in [-0.39, 0.29) is 19.2 Å². The van der Waals surface area contributed by atoms with E-state index in [1.807, 2.05) is 0 Å². The van der Waals surface area contributed by atoms with Gasteiger partial charge in [-0.25, -0.2) is 4.18 Å². The SMILES string of the molecule is COCCS(=O)(=O)O.COCOS(C)(=O)=O. The van der Waals surface area contributed by atoms with E-state index in [1.54, 1.807) is 0 Å². The second-order valence-corrected chi connectivity index (χ2v) is 5.72. The Morgan fingerprint density at radius 1 is 1.06 bits per heavy atom. The van der Waals surface area contributed by atoms with Crippen molar-refractivity contribution in [2.24, 2.45) is 0 Å². The summed E-state index contributed by atoms with van der Waals surface area (Å²) in [5.41, 5.74) is 0. The maximum absolute atomic E-state index is 10.1. The maximum atomic E-state index is 10.1. The van der Waals surface area contributed by atoms with E-state index in [2.05, 4.69) is 13.7 Å². The van der Waals surface area contributed by atoms with Crippen LogP contribution >= 0.6 is 0 Å². The molecule has 16 heavy (non-hydrogen) atoms. The Balaban J connectivity index is 0. The molecule has 1 N–H and O–H groups in total. The van der Waals surface area contributed by atoms with Gasteiger partial charge in [-0.15, -0.1) is 0 Å². The van der Waals surface area contributed by atoms with E-state index >= 15 is 0 Å². The van der Waals surface area contributed by atoms with Crippen molar-refractivity contribution in [1.29, 1.82) is 0 Å². The average molecular weight is 280 g/mol. The highest BCUT2D eigenvalue weighted by Crippen LogP contribution is 1.83. The highest BCUT2D eigenvalue weighted by Gasteiger charge is 2.00. The van der Waals surface area contributed by atoms with Crippen LogP contribution in [0.2, 0.25) is 0 Å². The van der Waals surface area contributed by atoms with Gasteiger partial charge >= 0.3 is 0 Å². The summed E-state index contributed by atoms with van der Waals surface area (Å²) in [6, 6.07) is 0. The van der Waals surface area contributed by atoms with Crippen LogP contribution in [0, 0.1) is 0 Å². The summed E-state index contributed by atoms with van der Waals surface area (Å²) in [7, 11) is -4.40. The van der Waals surface area contributed by atoms with Crippen LogP contribution in [0.5, 0.6) is 0 Å². The first-order chi connectivity index (χ1) is 7.12. The van der Waals surface area contributed by atoms with Crippen molar-refractivity contribution in [3.05, 3.63) is 0 Å². The van der Waals surface area contributed by atoms with Gasteiger partial charge in [0, 0.05) is 14.2 Å². The summed E-state index contributed by atoms with van der Waals surface area (Å²) >= 11 is 0. The summed E-state index contributed by atoms with van der Waals surface area (Å²) in [5, 5.41) is 0. The molecule has 0 amide bonds. The molecular weight excluding hydrogens is 264 g/mol. The van der Waals surface area contributed by atoms with Crippen molar-refractivity contribution in [2.45, 2.75) is 0 Å². The number of ether oxygens (including phenoxy) is 2. The predicted octanol–water partition coefficient (Wildman–Crippen LogP) is -0.913. The molecule has 0 saturated heterocycles. The standard InChI is InChI=1S/2C3H8O4S/c1-6-3-7-8(2,4)5;1-7-2-3-8(4,5)6/h3H2,1-2H3;2-3H2,1H3,(H,4,5,6). The fourth-order valence-electron chi connectivity index (χ4n) is 0.324. The van der Waals surface area contributed by atoms with Gasteiger partial charge in [-0.2, -0.15) is 16.8 Å². The van der Waals surface area contributed by atoms with Crippen molar-refractivity contribution in [3.63, 3.8) is 0 Å². The number of hydrogen-bond donors (Lipinski definition) is 1. The van der Waals surface area contributed by atoms with E-state index in [0.29, 0.717) is 0 Å². The summed E-state index contributed by atoms with van der Waals surface area (Å²) < 4.78 is 60.8. The van der Waals surface area contributed by atoms with Gasteiger partial charge in [0.2, 0.25) is 0 Å². The van der Waals surface area contributed by atoms with E-state index < -0.39 is 20.2 Å². The smallest absolute Gasteiger partial charge is 0.267 e. The second-order valence-electron chi connectivity index (χ2n) is 2.51. The zero-order valence-corrected chi connectivity index (χ0v) is 10.9. The van der Waals surface area contributed by atoms with Crippen LogP contribution < -0.4 is 0 Å². The van der Waals surface area contributed by atoms with Crippen LogP contribution in [0.3, 0.4) is 0 Å². The van der Waals surface area contributed by atoms with E-state index in [1.165, 1.54) is 14.2 Å². The largest absolute Gasteiger partial charge is 0.384 e. The minimum Gasteiger partial charge on any atom is -0.384 e. The number of methoxy groups -OCH3 is 2. The number of hydrogen-bond acceptors (Lipinski definition) is 7. The summed E-state index contributed by atoms with van der Waals surface area (Å²) in [5.74, 6) is -0.330. The highest BCUT2D eigenvalue weighted by atomic mass is 32.2. The quantitative estimate of drug-likeness (QED) is 0.377. The first-order valence-corrected chi connectivity index (χ1v) is 7.32. The second kappa shape index (κ2) is 8.84. The molecule has 0 aliphatic carbocycles. The molecule has 100 valence electrons. The van der Waals surface area contributed by atoms with E-state index in [0.717, 1.165) is 6.26 Å². The van der Waals surface area contributed by atoms with Crippen LogP contribution in [0.1, 0.15) is 0 Å². The molecule has 0 fully saturated rings. The molecule has 0 heterocycles. The molecule has 0 aromatic heterocycles. The lowest BCUT2D eigenvalue weighted by Gasteiger charge is -1.95. The molecule has 10 heteroatoms. The molecule has 0 radical (unpaired) electrons. The first kappa shape index (κ1) is 18.1. The third-order valence-electron chi connectivity index (χ3n) is 0.925. The summed E-state index contributed by atoms with van der Waals surface area (Å²) in [4.78, 5) is 0. The van der Waals surface area contributed by atoms with Crippen LogP contribution in [-0.2, 0) is 33.9 Å². The normalized spacial score (nSPS) is 11.8. The monoisotopic (exact) mass is 280 g/mol. The average Bonchev–Trinajstić information content (AvgIpc) is 2.10. The summed E-state index contributed by atoms with van der Waals surface area (Å²) in [6.45, 7) is -0.169. The van der Waals surface area contributed by atoms with Crippen LogP contribution in [0.4, 0.5) is 0 Å². The Bertz CT molecular complexity index is 307. The summed E-state index contributed by atoms with van der Waals surface area (Å²) in [6.07, 6.45) is 0.964. The Hall–Kier alpha value is -0.260. The van der Waals surface area contributed by atoms with Crippen molar-refractivity contribution >= 4 is 20.2 Å². The fourth-order valence-corrected chi connectivity index (χ4v) is 0.972. The van der Waals surface area contributed by atoms with Crippen LogP contribution in [0.25, 0.3) is 0 Å². The molecule has 0 aliphatic heterocycles. The molecule has 0 saturated carbocycles. The van der Waals surface area contributed by atoms with Gasteiger partial charge in [0.25, 0.3) is 20.2 Å². The lowest BCUT2D eigenvalue weighted by Crippen LogP contribution is -2.08. The fraction of sp³-hybridized carbons (Fsp3) is 1.00. The molecule has 8 nitrogen and oxygen atoms in total. The zero-order valence-electron chi connectivity index (χ0n) is 9.24. The molecule has 0 spiro atoms. The van der Waals surface area contributed by atoms with Gasteiger partial charge < -0.3 is 9.47 Å². The van der Waals surface area contributed by atoms with Gasteiger partial charge in [0.05, 0.1) is 18.6 Å². The van der Waals surface area contributed by atoms with Crippen molar-refractivity contribution in [2.75, 3.05) is 39.6 Å². The molecule has 0 bridgehead atoms. The predicted molar refractivity (Wildman–Crippen MR) is 56.1 cm³/mol. The van der Waals surface area contributed by atoms with Gasteiger partial charge in [-0.1, -0.05) is 0 Å².